The van der Waals surface area contributed by atoms with Crippen LogP contribution in [-0.2, 0) is 0 Å². The largest absolute Gasteiger partial charge is 0.494 e. The van der Waals surface area contributed by atoms with Crippen molar-refractivity contribution < 1.29 is 4.74 Å². The van der Waals surface area contributed by atoms with Crippen LogP contribution < -0.4 is 4.74 Å². The fraction of sp³-hybridized carbons (Fsp3) is 0.133. The summed E-state index contributed by atoms with van der Waals surface area (Å²) in [5.74, 6) is 0.912. The number of hydrogen-bond acceptors (Lipinski definition) is 4. The van der Waals surface area contributed by atoms with Crippen molar-refractivity contribution in [3.05, 3.63) is 48.5 Å². The van der Waals surface area contributed by atoms with E-state index in [-0.39, 0.29) is 0 Å². The monoisotopic (exact) mass is 287 g/mol. The fourth-order valence-electron chi connectivity index (χ4n) is 1.77. The van der Waals surface area contributed by atoms with E-state index in [4.69, 9.17) is 4.74 Å². The van der Waals surface area contributed by atoms with Crippen LogP contribution in [0.2, 0.25) is 0 Å². The Balaban J connectivity index is 1.89. The first-order valence-corrected chi connectivity index (χ1v) is 7.75. The Kier molecular flexibility index (Phi) is 3.71. The Hall–Kier alpha value is -1.52. The van der Waals surface area contributed by atoms with E-state index in [2.05, 4.69) is 23.2 Å². The Morgan fingerprint density at radius 2 is 2.00 bits per heavy atom. The van der Waals surface area contributed by atoms with Crippen LogP contribution in [0.5, 0.6) is 5.75 Å². The summed E-state index contributed by atoms with van der Waals surface area (Å²) in [5, 5.41) is 0. The van der Waals surface area contributed by atoms with E-state index in [0.717, 1.165) is 15.6 Å². The number of benzene rings is 2. The average molecular weight is 287 g/mol. The summed E-state index contributed by atoms with van der Waals surface area (Å²) in [5.41, 5.74) is 1.03. The maximum absolute atomic E-state index is 5.51. The highest BCUT2D eigenvalue weighted by molar-refractivity contribution is 8.01. The molecule has 96 valence electrons. The lowest BCUT2D eigenvalue weighted by Gasteiger charge is -2.00. The molecule has 0 unspecified atom stereocenters. The summed E-state index contributed by atoms with van der Waals surface area (Å²) in [7, 11) is 0. The number of rotatable bonds is 4. The second-order valence-corrected chi connectivity index (χ2v) is 6.31. The van der Waals surface area contributed by atoms with Gasteiger partial charge in [0, 0.05) is 4.90 Å². The van der Waals surface area contributed by atoms with Crippen molar-refractivity contribution in [2.24, 2.45) is 0 Å². The number of fused-ring (bicyclic) bond motifs is 1. The van der Waals surface area contributed by atoms with Crippen molar-refractivity contribution in [1.82, 2.24) is 4.98 Å². The number of hydrogen-bond donors (Lipinski definition) is 0. The van der Waals surface area contributed by atoms with Crippen LogP contribution in [0.25, 0.3) is 10.2 Å². The smallest absolute Gasteiger partial charge is 0.155 e. The molecule has 2 nitrogen and oxygen atoms in total. The van der Waals surface area contributed by atoms with E-state index in [1.165, 1.54) is 9.60 Å². The molecule has 1 aromatic heterocycles. The molecule has 0 amide bonds. The number of thiazole rings is 1. The van der Waals surface area contributed by atoms with Gasteiger partial charge in [-0.1, -0.05) is 30.0 Å². The molecule has 0 N–H and O–H groups in total. The van der Waals surface area contributed by atoms with Gasteiger partial charge in [0.05, 0.1) is 16.8 Å². The van der Waals surface area contributed by atoms with Gasteiger partial charge < -0.3 is 4.74 Å². The third kappa shape index (κ3) is 2.91. The molecule has 0 fully saturated rings. The quantitative estimate of drug-likeness (QED) is 0.685. The Morgan fingerprint density at radius 3 is 2.79 bits per heavy atom. The molecule has 4 heteroatoms. The van der Waals surface area contributed by atoms with Crippen LogP contribution in [-0.4, -0.2) is 11.6 Å². The van der Waals surface area contributed by atoms with E-state index >= 15 is 0 Å². The molecule has 0 saturated carbocycles. The third-order valence-corrected chi connectivity index (χ3v) is 4.69. The van der Waals surface area contributed by atoms with Crippen molar-refractivity contribution in [3.8, 4) is 5.75 Å². The van der Waals surface area contributed by atoms with E-state index in [9.17, 15) is 0 Å². The number of aromatic nitrogens is 1. The van der Waals surface area contributed by atoms with Gasteiger partial charge in [-0.05, 0) is 37.3 Å². The maximum Gasteiger partial charge on any atom is 0.155 e. The summed E-state index contributed by atoms with van der Waals surface area (Å²) in [4.78, 5) is 5.85. The van der Waals surface area contributed by atoms with Gasteiger partial charge >= 0.3 is 0 Å². The zero-order chi connectivity index (χ0) is 13.1. The zero-order valence-electron chi connectivity index (χ0n) is 10.5. The van der Waals surface area contributed by atoms with Crippen LogP contribution in [0.1, 0.15) is 6.92 Å². The second kappa shape index (κ2) is 5.63. The normalized spacial score (nSPS) is 10.8. The zero-order valence-corrected chi connectivity index (χ0v) is 12.1. The third-order valence-electron chi connectivity index (χ3n) is 2.60. The van der Waals surface area contributed by atoms with E-state index < -0.39 is 0 Å². The second-order valence-electron chi connectivity index (χ2n) is 3.96. The lowest BCUT2D eigenvalue weighted by Crippen LogP contribution is -1.89. The van der Waals surface area contributed by atoms with Crippen LogP contribution >= 0.6 is 23.1 Å². The lowest BCUT2D eigenvalue weighted by molar-refractivity contribution is 0.341. The van der Waals surface area contributed by atoms with Crippen molar-refractivity contribution in [3.63, 3.8) is 0 Å². The summed E-state index contributed by atoms with van der Waals surface area (Å²) in [6.07, 6.45) is 0. The van der Waals surface area contributed by atoms with E-state index in [1.807, 2.05) is 37.3 Å². The van der Waals surface area contributed by atoms with Crippen LogP contribution in [0, 0.1) is 0 Å². The van der Waals surface area contributed by atoms with Gasteiger partial charge in [0.2, 0.25) is 0 Å². The van der Waals surface area contributed by atoms with Crippen molar-refractivity contribution >= 4 is 33.3 Å². The molecule has 0 radical (unpaired) electrons. The summed E-state index contributed by atoms with van der Waals surface area (Å²) in [6.45, 7) is 2.68. The molecule has 0 spiro atoms. The first-order chi connectivity index (χ1) is 9.35. The Bertz CT molecular complexity index is 679. The molecule has 1 heterocycles. The predicted molar refractivity (Wildman–Crippen MR) is 81.4 cm³/mol. The molecule has 3 rings (SSSR count). The van der Waals surface area contributed by atoms with E-state index in [1.54, 1.807) is 23.1 Å². The molecule has 0 bridgehead atoms. The van der Waals surface area contributed by atoms with Crippen LogP contribution in [0.15, 0.2) is 57.8 Å². The Labute approximate surface area is 120 Å². The molecule has 0 saturated heterocycles. The van der Waals surface area contributed by atoms with Gasteiger partial charge in [-0.15, -0.1) is 11.3 Å². The van der Waals surface area contributed by atoms with Gasteiger partial charge in [-0.25, -0.2) is 4.98 Å². The fourth-order valence-corrected chi connectivity index (χ4v) is 3.86. The van der Waals surface area contributed by atoms with E-state index in [0.29, 0.717) is 6.61 Å². The SMILES string of the molecule is CCOc1ccc2nc(Sc3ccccc3)sc2c1. The summed E-state index contributed by atoms with van der Waals surface area (Å²) in [6, 6.07) is 16.4. The molecule has 0 aliphatic rings. The molecule has 2 aromatic carbocycles. The molecule has 0 aliphatic heterocycles. The molecular weight excluding hydrogens is 274 g/mol. The highest BCUT2D eigenvalue weighted by Crippen LogP contribution is 2.35. The van der Waals surface area contributed by atoms with Crippen molar-refractivity contribution in [1.29, 1.82) is 0 Å². The van der Waals surface area contributed by atoms with Gasteiger partial charge in [0.25, 0.3) is 0 Å². The predicted octanol–water partition coefficient (Wildman–Crippen LogP) is 4.85. The minimum absolute atomic E-state index is 0.690. The number of ether oxygens (including phenoxy) is 1. The highest BCUT2D eigenvalue weighted by atomic mass is 32.2. The Morgan fingerprint density at radius 1 is 1.16 bits per heavy atom. The number of nitrogens with zero attached hydrogens (tertiary/aromatic N) is 1. The van der Waals surface area contributed by atoms with Gasteiger partial charge in [0.15, 0.2) is 4.34 Å². The molecule has 3 aromatic rings. The van der Waals surface area contributed by atoms with Crippen molar-refractivity contribution in [2.45, 2.75) is 16.2 Å². The molecule has 0 aliphatic carbocycles. The van der Waals surface area contributed by atoms with Gasteiger partial charge in [0.1, 0.15) is 5.75 Å². The van der Waals surface area contributed by atoms with Crippen molar-refractivity contribution in [2.75, 3.05) is 6.61 Å². The minimum Gasteiger partial charge on any atom is -0.494 e. The topological polar surface area (TPSA) is 22.1 Å². The minimum atomic E-state index is 0.690. The first kappa shape index (κ1) is 12.5. The maximum atomic E-state index is 5.51. The standard InChI is InChI=1S/C15H13NOS2/c1-2-17-11-8-9-13-14(10-11)19-15(16-13)18-12-6-4-3-5-7-12/h3-10H,2H2,1H3. The first-order valence-electron chi connectivity index (χ1n) is 6.11. The van der Waals surface area contributed by atoms with Crippen LogP contribution in [0.3, 0.4) is 0 Å². The van der Waals surface area contributed by atoms with Crippen LogP contribution in [0.4, 0.5) is 0 Å². The molecule has 19 heavy (non-hydrogen) atoms. The van der Waals surface area contributed by atoms with Gasteiger partial charge in [-0.3, -0.25) is 0 Å². The van der Waals surface area contributed by atoms with Gasteiger partial charge in [-0.2, -0.15) is 0 Å². The summed E-state index contributed by atoms with van der Waals surface area (Å²) >= 11 is 3.40. The lowest BCUT2D eigenvalue weighted by atomic mass is 10.3. The average Bonchev–Trinajstić information content (AvgIpc) is 2.82. The summed E-state index contributed by atoms with van der Waals surface area (Å²) < 4.78 is 7.75. The molecular formula is C15H13NOS2. The molecule has 0 atom stereocenters. The highest BCUT2D eigenvalue weighted by Gasteiger charge is 2.06.